The molecule has 1 aromatic heterocycles. The number of anilines is 1. The predicted molar refractivity (Wildman–Crippen MR) is 94.2 cm³/mol. The molecule has 3 rings (SSSR count). The third-order valence-corrected chi connectivity index (χ3v) is 3.65. The van der Waals surface area contributed by atoms with Crippen LogP contribution >= 0.6 is 0 Å². The summed E-state index contributed by atoms with van der Waals surface area (Å²) in [6, 6.07) is 15.6. The van der Waals surface area contributed by atoms with Crippen molar-refractivity contribution >= 4 is 22.6 Å². The Labute approximate surface area is 135 Å². The first kappa shape index (κ1) is 15.0. The van der Waals surface area contributed by atoms with Crippen LogP contribution in [0.15, 0.2) is 60.2 Å². The number of nitrogens with zero attached hydrogens (tertiary/aromatic N) is 1. The number of hydrogen-bond donors (Lipinski definition) is 2. The number of H-pyrrole nitrogens is 1. The first-order valence-electron chi connectivity index (χ1n) is 7.70. The van der Waals surface area contributed by atoms with Crippen molar-refractivity contribution in [3.05, 3.63) is 60.2 Å². The summed E-state index contributed by atoms with van der Waals surface area (Å²) in [6.07, 6.45) is 2.76. The Morgan fingerprint density at radius 1 is 1.22 bits per heavy atom. The molecular formula is C19H19N3O. The number of fused-ring (bicyclic) bond motifs is 1. The summed E-state index contributed by atoms with van der Waals surface area (Å²) in [5.41, 5.74) is 4.35. The minimum Gasteiger partial charge on any atom is -0.338 e. The zero-order valence-corrected chi connectivity index (χ0v) is 13.3. The molecule has 3 aromatic rings. The number of hydrogen-bond acceptors (Lipinski definition) is 2. The monoisotopic (exact) mass is 305 g/mol. The van der Waals surface area contributed by atoms with E-state index >= 15 is 0 Å². The van der Waals surface area contributed by atoms with Crippen molar-refractivity contribution in [3.8, 4) is 11.4 Å². The number of para-hydroxylation sites is 2. The summed E-state index contributed by atoms with van der Waals surface area (Å²) in [5, 5.41) is 2.92. The highest BCUT2D eigenvalue weighted by molar-refractivity contribution is 6.03. The molecule has 1 heterocycles. The molecule has 0 atom stereocenters. The number of carbonyl (C=O) groups excluding carboxylic acids is 1. The van der Waals surface area contributed by atoms with E-state index in [9.17, 15) is 4.79 Å². The Morgan fingerprint density at radius 3 is 2.83 bits per heavy atom. The van der Waals surface area contributed by atoms with Crippen molar-refractivity contribution in [1.82, 2.24) is 9.97 Å². The van der Waals surface area contributed by atoms with Gasteiger partial charge in [0.25, 0.3) is 5.91 Å². The SMILES string of the molecule is CCC=C(C)C(=O)Nc1cccc(-c2nc3ccccc3[nH]2)c1. The second-order valence-corrected chi connectivity index (χ2v) is 5.43. The van der Waals surface area contributed by atoms with Crippen molar-refractivity contribution in [2.45, 2.75) is 20.3 Å². The molecule has 0 aliphatic carbocycles. The highest BCUT2D eigenvalue weighted by Crippen LogP contribution is 2.23. The van der Waals surface area contributed by atoms with Crippen LogP contribution in [0.5, 0.6) is 0 Å². The molecule has 0 aliphatic rings. The van der Waals surface area contributed by atoms with E-state index in [0.717, 1.165) is 40.1 Å². The summed E-state index contributed by atoms with van der Waals surface area (Å²) in [4.78, 5) is 20.0. The molecule has 0 spiro atoms. The molecule has 23 heavy (non-hydrogen) atoms. The summed E-state index contributed by atoms with van der Waals surface area (Å²) >= 11 is 0. The zero-order chi connectivity index (χ0) is 16.2. The van der Waals surface area contributed by atoms with Gasteiger partial charge in [-0.3, -0.25) is 4.79 Å². The van der Waals surface area contributed by atoms with E-state index in [1.165, 1.54) is 0 Å². The average Bonchev–Trinajstić information content (AvgIpc) is 2.99. The zero-order valence-electron chi connectivity index (χ0n) is 13.3. The van der Waals surface area contributed by atoms with Gasteiger partial charge >= 0.3 is 0 Å². The minimum absolute atomic E-state index is 0.0754. The molecule has 116 valence electrons. The second kappa shape index (κ2) is 6.48. The standard InChI is InChI=1S/C19H19N3O/c1-3-7-13(2)19(23)20-15-9-6-8-14(12-15)18-21-16-10-4-5-11-17(16)22-18/h4-12H,3H2,1-2H3,(H,20,23)(H,21,22). The Kier molecular flexibility index (Phi) is 4.24. The quantitative estimate of drug-likeness (QED) is 0.696. The average molecular weight is 305 g/mol. The van der Waals surface area contributed by atoms with Crippen LogP contribution in [0.3, 0.4) is 0 Å². The number of benzene rings is 2. The van der Waals surface area contributed by atoms with Crippen molar-refractivity contribution in [1.29, 1.82) is 0 Å². The van der Waals surface area contributed by atoms with Crippen LogP contribution in [0, 0.1) is 0 Å². The highest BCUT2D eigenvalue weighted by atomic mass is 16.1. The molecule has 0 fully saturated rings. The fourth-order valence-electron chi connectivity index (χ4n) is 2.46. The first-order valence-corrected chi connectivity index (χ1v) is 7.70. The Bertz CT molecular complexity index is 844. The number of nitrogens with one attached hydrogen (secondary N) is 2. The number of imidazole rings is 1. The van der Waals surface area contributed by atoms with E-state index < -0.39 is 0 Å². The molecule has 2 N–H and O–H groups in total. The molecule has 4 heteroatoms. The van der Waals surface area contributed by atoms with Crippen LogP contribution in [0.2, 0.25) is 0 Å². The van der Waals surface area contributed by atoms with Crippen LogP contribution in [0.25, 0.3) is 22.4 Å². The molecular weight excluding hydrogens is 286 g/mol. The van der Waals surface area contributed by atoms with E-state index in [4.69, 9.17) is 0 Å². The van der Waals surface area contributed by atoms with Gasteiger partial charge in [0.15, 0.2) is 0 Å². The lowest BCUT2D eigenvalue weighted by Gasteiger charge is -2.06. The molecule has 0 radical (unpaired) electrons. The van der Waals surface area contributed by atoms with E-state index in [0.29, 0.717) is 0 Å². The van der Waals surface area contributed by atoms with Crippen molar-refractivity contribution in [2.24, 2.45) is 0 Å². The maximum absolute atomic E-state index is 12.1. The second-order valence-electron chi connectivity index (χ2n) is 5.43. The number of rotatable bonds is 4. The van der Waals surface area contributed by atoms with Crippen LogP contribution in [0.1, 0.15) is 20.3 Å². The molecule has 2 aromatic carbocycles. The summed E-state index contributed by atoms with van der Waals surface area (Å²) in [6.45, 7) is 3.83. The summed E-state index contributed by atoms with van der Waals surface area (Å²) < 4.78 is 0. The van der Waals surface area contributed by atoms with Gasteiger partial charge < -0.3 is 10.3 Å². The molecule has 0 unspecified atom stereocenters. The van der Waals surface area contributed by atoms with Crippen LogP contribution in [0.4, 0.5) is 5.69 Å². The minimum atomic E-state index is -0.0754. The summed E-state index contributed by atoms with van der Waals surface area (Å²) in [5.74, 6) is 0.719. The number of allylic oxidation sites excluding steroid dienone is 1. The number of amides is 1. The fourth-order valence-corrected chi connectivity index (χ4v) is 2.46. The van der Waals surface area contributed by atoms with Gasteiger partial charge in [-0.1, -0.05) is 37.3 Å². The predicted octanol–water partition coefficient (Wildman–Crippen LogP) is 4.52. The molecule has 0 saturated carbocycles. The van der Waals surface area contributed by atoms with Gasteiger partial charge in [-0.25, -0.2) is 4.98 Å². The Balaban J connectivity index is 1.87. The smallest absolute Gasteiger partial charge is 0.250 e. The number of aromatic amines is 1. The molecule has 4 nitrogen and oxygen atoms in total. The van der Waals surface area contributed by atoms with Crippen molar-refractivity contribution in [3.63, 3.8) is 0 Å². The topological polar surface area (TPSA) is 57.8 Å². The number of carbonyl (C=O) groups is 1. The Hall–Kier alpha value is -2.88. The maximum atomic E-state index is 12.1. The van der Waals surface area contributed by atoms with Crippen LogP contribution in [-0.4, -0.2) is 15.9 Å². The van der Waals surface area contributed by atoms with Gasteiger partial charge in [-0.2, -0.15) is 0 Å². The van der Waals surface area contributed by atoms with Crippen molar-refractivity contribution in [2.75, 3.05) is 5.32 Å². The van der Waals surface area contributed by atoms with Gasteiger partial charge in [0.2, 0.25) is 0 Å². The molecule has 0 saturated heterocycles. The van der Waals surface area contributed by atoms with Crippen LogP contribution in [-0.2, 0) is 4.79 Å². The Morgan fingerprint density at radius 2 is 2.04 bits per heavy atom. The van der Waals surface area contributed by atoms with E-state index in [2.05, 4.69) is 15.3 Å². The molecule has 0 bridgehead atoms. The largest absolute Gasteiger partial charge is 0.338 e. The van der Waals surface area contributed by atoms with Crippen molar-refractivity contribution < 1.29 is 4.79 Å². The maximum Gasteiger partial charge on any atom is 0.250 e. The van der Waals surface area contributed by atoms with E-state index in [-0.39, 0.29) is 5.91 Å². The van der Waals surface area contributed by atoms with Crippen LogP contribution < -0.4 is 5.32 Å². The van der Waals surface area contributed by atoms with Gasteiger partial charge in [0, 0.05) is 16.8 Å². The normalized spacial score (nSPS) is 11.7. The summed E-state index contributed by atoms with van der Waals surface area (Å²) in [7, 11) is 0. The lowest BCUT2D eigenvalue weighted by atomic mass is 10.1. The van der Waals surface area contributed by atoms with Gasteiger partial charge in [-0.05, 0) is 37.6 Å². The van der Waals surface area contributed by atoms with E-state index in [1.807, 2.05) is 68.5 Å². The van der Waals surface area contributed by atoms with Gasteiger partial charge in [0.05, 0.1) is 11.0 Å². The first-order chi connectivity index (χ1) is 11.2. The lowest BCUT2D eigenvalue weighted by molar-refractivity contribution is -0.112. The molecule has 1 amide bonds. The lowest BCUT2D eigenvalue weighted by Crippen LogP contribution is -2.12. The van der Waals surface area contributed by atoms with E-state index in [1.54, 1.807) is 0 Å². The number of aromatic nitrogens is 2. The fraction of sp³-hybridized carbons (Fsp3) is 0.158. The third-order valence-electron chi connectivity index (χ3n) is 3.65. The highest BCUT2D eigenvalue weighted by Gasteiger charge is 2.08. The van der Waals surface area contributed by atoms with Gasteiger partial charge in [0.1, 0.15) is 5.82 Å². The van der Waals surface area contributed by atoms with Gasteiger partial charge in [-0.15, -0.1) is 0 Å². The third kappa shape index (κ3) is 3.31. The molecule has 0 aliphatic heterocycles.